The summed E-state index contributed by atoms with van der Waals surface area (Å²) in [5.74, 6) is 1.60. The van der Waals surface area contributed by atoms with Gasteiger partial charge in [0.2, 0.25) is 0 Å². The topological polar surface area (TPSA) is 29.9 Å². The maximum Gasteiger partial charge on any atom is 0.0596 e. The Bertz CT molecular complexity index is 433. The zero-order valence-electron chi connectivity index (χ0n) is 13.9. The first-order valence-electron chi connectivity index (χ1n) is 8.13. The summed E-state index contributed by atoms with van der Waals surface area (Å²) < 4.78 is 2.19. The molecule has 1 aromatic rings. The van der Waals surface area contributed by atoms with E-state index in [2.05, 4.69) is 55.9 Å². The SMILES string of the molecule is CCn1nc(C)cc1CC1CC(C)(C)CCC1CNC. The van der Waals surface area contributed by atoms with E-state index in [9.17, 15) is 0 Å². The van der Waals surface area contributed by atoms with E-state index in [1.807, 2.05) is 0 Å². The number of nitrogens with zero attached hydrogens (tertiary/aromatic N) is 2. The van der Waals surface area contributed by atoms with Gasteiger partial charge in [0.25, 0.3) is 0 Å². The Kier molecular flexibility index (Phi) is 4.90. The molecule has 3 nitrogen and oxygen atoms in total. The molecule has 1 aliphatic carbocycles. The molecule has 0 radical (unpaired) electrons. The maximum absolute atomic E-state index is 4.60. The van der Waals surface area contributed by atoms with E-state index in [1.165, 1.54) is 31.4 Å². The van der Waals surface area contributed by atoms with E-state index >= 15 is 0 Å². The fraction of sp³-hybridized carbons (Fsp3) is 0.824. The minimum atomic E-state index is 0.501. The summed E-state index contributed by atoms with van der Waals surface area (Å²) in [5, 5.41) is 7.99. The molecule has 1 N–H and O–H groups in total. The number of nitrogens with one attached hydrogen (secondary N) is 1. The van der Waals surface area contributed by atoms with E-state index in [0.717, 1.165) is 30.6 Å². The van der Waals surface area contributed by atoms with Gasteiger partial charge in [-0.3, -0.25) is 4.68 Å². The Morgan fingerprint density at radius 2 is 2.15 bits per heavy atom. The van der Waals surface area contributed by atoms with Crippen LogP contribution in [0.15, 0.2) is 6.07 Å². The first-order chi connectivity index (χ1) is 9.45. The lowest BCUT2D eigenvalue weighted by molar-refractivity contribution is 0.116. The van der Waals surface area contributed by atoms with Crippen molar-refractivity contribution in [3.63, 3.8) is 0 Å². The van der Waals surface area contributed by atoms with Crippen molar-refractivity contribution in [2.75, 3.05) is 13.6 Å². The summed E-state index contributed by atoms with van der Waals surface area (Å²) >= 11 is 0. The van der Waals surface area contributed by atoms with Crippen LogP contribution in [0, 0.1) is 24.2 Å². The van der Waals surface area contributed by atoms with Gasteiger partial charge in [-0.2, -0.15) is 5.10 Å². The van der Waals surface area contributed by atoms with Crippen LogP contribution in [-0.2, 0) is 13.0 Å². The zero-order valence-corrected chi connectivity index (χ0v) is 13.9. The molecular formula is C17H31N3. The van der Waals surface area contributed by atoms with E-state index in [0.29, 0.717) is 5.41 Å². The van der Waals surface area contributed by atoms with Crippen LogP contribution in [0.4, 0.5) is 0 Å². The standard InChI is InChI=1S/C17H31N3/c1-6-20-16(9-13(2)19-20)10-15-11-17(3,4)8-7-14(15)12-18-5/h9,14-15,18H,6-8,10-12H2,1-5H3. The van der Waals surface area contributed by atoms with Gasteiger partial charge in [-0.15, -0.1) is 0 Å². The molecule has 1 aromatic heterocycles. The van der Waals surface area contributed by atoms with Gasteiger partial charge in [0, 0.05) is 12.2 Å². The number of rotatable bonds is 5. The number of hydrogen-bond acceptors (Lipinski definition) is 2. The summed E-state index contributed by atoms with van der Waals surface area (Å²) in [6.07, 6.45) is 5.25. The highest BCUT2D eigenvalue weighted by Crippen LogP contribution is 2.43. The normalized spacial score (nSPS) is 25.9. The highest BCUT2D eigenvalue weighted by molar-refractivity contribution is 5.10. The van der Waals surface area contributed by atoms with E-state index in [4.69, 9.17) is 0 Å². The molecule has 2 rings (SSSR count). The number of hydrogen-bond donors (Lipinski definition) is 1. The van der Waals surface area contributed by atoms with Gasteiger partial charge in [-0.05, 0) is 76.4 Å². The molecule has 0 bridgehead atoms. The first kappa shape index (κ1) is 15.6. The summed E-state index contributed by atoms with van der Waals surface area (Å²) in [6, 6.07) is 2.28. The third kappa shape index (κ3) is 3.63. The second-order valence-corrected chi connectivity index (χ2v) is 7.28. The van der Waals surface area contributed by atoms with E-state index < -0.39 is 0 Å². The zero-order chi connectivity index (χ0) is 14.8. The Morgan fingerprint density at radius 3 is 2.80 bits per heavy atom. The minimum absolute atomic E-state index is 0.501. The molecule has 20 heavy (non-hydrogen) atoms. The molecule has 1 saturated carbocycles. The van der Waals surface area contributed by atoms with Crippen molar-refractivity contribution in [2.24, 2.45) is 17.3 Å². The molecule has 0 amide bonds. The molecule has 0 aromatic carbocycles. The Morgan fingerprint density at radius 1 is 1.40 bits per heavy atom. The third-order valence-corrected chi connectivity index (χ3v) is 4.90. The fourth-order valence-electron chi connectivity index (χ4n) is 3.87. The lowest BCUT2D eigenvalue weighted by Gasteiger charge is -2.41. The van der Waals surface area contributed by atoms with Crippen LogP contribution in [0.2, 0.25) is 0 Å². The molecule has 0 spiro atoms. The molecule has 0 saturated heterocycles. The molecule has 3 heteroatoms. The monoisotopic (exact) mass is 277 g/mol. The van der Waals surface area contributed by atoms with E-state index in [-0.39, 0.29) is 0 Å². The Labute approximate surface area is 124 Å². The van der Waals surface area contributed by atoms with Crippen molar-refractivity contribution in [3.8, 4) is 0 Å². The summed E-state index contributed by atoms with van der Waals surface area (Å²) in [4.78, 5) is 0. The van der Waals surface area contributed by atoms with Crippen molar-refractivity contribution < 1.29 is 0 Å². The Balaban J connectivity index is 2.13. The van der Waals surface area contributed by atoms with Crippen molar-refractivity contribution >= 4 is 0 Å². The molecule has 1 aliphatic rings. The molecule has 0 aliphatic heterocycles. The van der Waals surface area contributed by atoms with Gasteiger partial charge < -0.3 is 5.32 Å². The van der Waals surface area contributed by atoms with Crippen LogP contribution >= 0.6 is 0 Å². The van der Waals surface area contributed by atoms with Crippen LogP contribution in [0.25, 0.3) is 0 Å². The average molecular weight is 277 g/mol. The quantitative estimate of drug-likeness (QED) is 0.894. The van der Waals surface area contributed by atoms with E-state index in [1.54, 1.807) is 0 Å². The molecule has 2 atom stereocenters. The number of aryl methyl sites for hydroxylation is 2. The van der Waals surface area contributed by atoms with Gasteiger partial charge in [0.15, 0.2) is 0 Å². The van der Waals surface area contributed by atoms with Crippen LogP contribution in [0.3, 0.4) is 0 Å². The van der Waals surface area contributed by atoms with Gasteiger partial charge in [0.1, 0.15) is 0 Å². The second-order valence-electron chi connectivity index (χ2n) is 7.28. The van der Waals surface area contributed by atoms with Crippen molar-refractivity contribution in [1.29, 1.82) is 0 Å². The Hall–Kier alpha value is -0.830. The smallest absolute Gasteiger partial charge is 0.0596 e. The minimum Gasteiger partial charge on any atom is -0.319 e. The molecule has 1 fully saturated rings. The van der Waals surface area contributed by atoms with Crippen LogP contribution in [-0.4, -0.2) is 23.4 Å². The van der Waals surface area contributed by atoms with Gasteiger partial charge in [-0.1, -0.05) is 13.8 Å². The summed E-state index contributed by atoms with van der Waals surface area (Å²) in [7, 11) is 2.08. The highest BCUT2D eigenvalue weighted by atomic mass is 15.3. The van der Waals surface area contributed by atoms with Gasteiger partial charge in [-0.25, -0.2) is 0 Å². The average Bonchev–Trinajstić information content (AvgIpc) is 2.72. The summed E-state index contributed by atoms with van der Waals surface area (Å²) in [5.41, 5.74) is 3.08. The highest BCUT2D eigenvalue weighted by Gasteiger charge is 2.34. The largest absolute Gasteiger partial charge is 0.319 e. The molecule has 1 heterocycles. The predicted octanol–water partition coefficient (Wildman–Crippen LogP) is 3.42. The van der Waals surface area contributed by atoms with Gasteiger partial charge in [0.05, 0.1) is 5.69 Å². The first-order valence-corrected chi connectivity index (χ1v) is 8.13. The predicted molar refractivity (Wildman–Crippen MR) is 84.9 cm³/mol. The number of aromatic nitrogens is 2. The molecular weight excluding hydrogens is 246 g/mol. The van der Waals surface area contributed by atoms with Crippen LogP contribution < -0.4 is 5.32 Å². The third-order valence-electron chi connectivity index (χ3n) is 4.90. The van der Waals surface area contributed by atoms with Crippen LogP contribution in [0.5, 0.6) is 0 Å². The van der Waals surface area contributed by atoms with Gasteiger partial charge >= 0.3 is 0 Å². The fourth-order valence-corrected chi connectivity index (χ4v) is 3.87. The summed E-state index contributed by atoms with van der Waals surface area (Å²) in [6.45, 7) is 11.3. The lowest BCUT2D eigenvalue weighted by Crippen LogP contribution is -2.36. The van der Waals surface area contributed by atoms with Crippen molar-refractivity contribution in [2.45, 2.75) is 59.9 Å². The molecule has 2 unspecified atom stereocenters. The van der Waals surface area contributed by atoms with Crippen molar-refractivity contribution in [3.05, 3.63) is 17.5 Å². The van der Waals surface area contributed by atoms with Crippen LogP contribution in [0.1, 0.15) is 51.4 Å². The van der Waals surface area contributed by atoms with Crippen molar-refractivity contribution in [1.82, 2.24) is 15.1 Å². The second kappa shape index (κ2) is 6.30. The lowest BCUT2D eigenvalue weighted by atomic mass is 9.66. The molecule has 114 valence electrons. The maximum atomic E-state index is 4.60.